The van der Waals surface area contributed by atoms with Crippen LogP contribution in [0.5, 0.6) is 0 Å². The van der Waals surface area contributed by atoms with Crippen molar-refractivity contribution in [3.63, 3.8) is 0 Å². The molecule has 2 heterocycles. The Kier molecular flexibility index (Phi) is 5.40. The lowest BCUT2D eigenvalue weighted by atomic mass is 9.66. The highest BCUT2D eigenvalue weighted by Gasteiger charge is 2.43. The maximum atomic E-state index is 5.96. The van der Waals surface area contributed by atoms with Crippen LogP contribution in [0.15, 0.2) is 24.3 Å². The number of benzene rings is 1. The third-order valence-corrected chi connectivity index (χ3v) is 5.72. The van der Waals surface area contributed by atoms with Crippen molar-refractivity contribution in [1.29, 1.82) is 0 Å². The van der Waals surface area contributed by atoms with Crippen molar-refractivity contribution in [3.8, 4) is 0 Å². The molecular formula is C18H26ClNO2. The summed E-state index contributed by atoms with van der Waals surface area (Å²) < 4.78 is 11.1. The van der Waals surface area contributed by atoms with Crippen LogP contribution >= 0.6 is 11.6 Å². The van der Waals surface area contributed by atoms with Crippen molar-refractivity contribution in [1.82, 2.24) is 4.90 Å². The summed E-state index contributed by atoms with van der Waals surface area (Å²) in [7, 11) is 1.80. The van der Waals surface area contributed by atoms with Gasteiger partial charge >= 0.3 is 0 Å². The summed E-state index contributed by atoms with van der Waals surface area (Å²) in [6.07, 6.45) is 3.71. The van der Waals surface area contributed by atoms with Crippen molar-refractivity contribution in [3.05, 3.63) is 34.9 Å². The fourth-order valence-corrected chi connectivity index (χ4v) is 4.10. The second kappa shape index (κ2) is 7.31. The summed E-state index contributed by atoms with van der Waals surface area (Å²) >= 11 is 5.96. The molecule has 0 unspecified atom stereocenters. The number of ether oxygens (including phenoxy) is 2. The topological polar surface area (TPSA) is 21.7 Å². The Balaban J connectivity index is 1.58. The van der Waals surface area contributed by atoms with E-state index in [2.05, 4.69) is 17.0 Å². The molecule has 1 spiro atoms. The number of nitrogens with zero attached hydrogens (tertiary/aromatic N) is 1. The van der Waals surface area contributed by atoms with Crippen LogP contribution in [-0.2, 0) is 16.0 Å². The van der Waals surface area contributed by atoms with Crippen LogP contribution in [0.1, 0.15) is 24.8 Å². The largest absolute Gasteiger partial charge is 0.384 e. The minimum absolute atomic E-state index is 0.435. The Morgan fingerprint density at radius 1 is 1.23 bits per heavy atom. The van der Waals surface area contributed by atoms with E-state index in [-0.39, 0.29) is 0 Å². The fraction of sp³-hybridized carbons (Fsp3) is 0.667. The molecule has 2 saturated heterocycles. The van der Waals surface area contributed by atoms with E-state index < -0.39 is 0 Å². The van der Waals surface area contributed by atoms with E-state index in [1.807, 2.05) is 12.1 Å². The monoisotopic (exact) mass is 323 g/mol. The molecular weight excluding hydrogens is 298 g/mol. The van der Waals surface area contributed by atoms with Gasteiger partial charge in [0.05, 0.1) is 13.2 Å². The fourth-order valence-electron chi connectivity index (χ4n) is 3.97. The normalized spacial score (nSPS) is 25.5. The van der Waals surface area contributed by atoms with Crippen molar-refractivity contribution >= 4 is 11.6 Å². The van der Waals surface area contributed by atoms with Gasteiger partial charge in [-0.25, -0.2) is 0 Å². The number of hydrogen-bond acceptors (Lipinski definition) is 3. The summed E-state index contributed by atoms with van der Waals surface area (Å²) in [4.78, 5) is 2.56. The summed E-state index contributed by atoms with van der Waals surface area (Å²) in [5.74, 6) is 0.559. The second-order valence-electron chi connectivity index (χ2n) is 6.74. The summed E-state index contributed by atoms with van der Waals surface area (Å²) in [6.45, 7) is 5.98. The highest BCUT2D eigenvalue weighted by atomic mass is 35.5. The van der Waals surface area contributed by atoms with Gasteiger partial charge in [-0.1, -0.05) is 23.7 Å². The minimum atomic E-state index is 0.435. The van der Waals surface area contributed by atoms with Crippen molar-refractivity contribution in [2.45, 2.75) is 25.8 Å². The van der Waals surface area contributed by atoms with Crippen LogP contribution in [-0.4, -0.2) is 44.9 Å². The van der Waals surface area contributed by atoms with Gasteiger partial charge in [-0.05, 0) is 55.5 Å². The maximum absolute atomic E-state index is 5.96. The summed E-state index contributed by atoms with van der Waals surface area (Å²) in [5, 5.41) is 0.811. The van der Waals surface area contributed by atoms with E-state index >= 15 is 0 Å². The minimum Gasteiger partial charge on any atom is -0.384 e. The van der Waals surface area contributed by atoms with Gasteiger partial charge < -0.3 is 9.47 Å². The van der Waals surface area contributed by atoms with Crippen LogP contribution in [0.3, 0.4) is 0 Å². The van der Waals surface area contributed by atoms with Gasteiger partial charge in [-0.2, -0.15) is 0 Å². The Hall–Kier alpha value is -0.610. The molecule has 2 aliphatic rings. The molecule has 3 nitrogen and oxygen atoms in total. The highest BCUT2D eigenvalue weighted by Crippen LogP contribution is 2.44. The molecule has 0 saturated carbocycles. The van der Waals surface area contributed by atoms with E-state index in [0.29, 0.717) is 11.3 Å². The molecule has 0 aliphatic carbocycles. The van der Waals surface area contributed by atoms with Gasteiger partial charge in [-0.3, -0.25) is 4.90 Å². The van der Waals surface area contributed by atoms with Crippen molar-refractivity contribution < 1.29 is 9.47 Å². The second-order valence-corrected chi connectivity index (χ2v) is 7.18. The van der Waals surface area contributed by atoms with Gasteiger partial charge in [0.25, 0.3) is 0 Å². The maximum Gasteiger partial charge on any atom is 0.0521 e. The number of hydrogen-bond donors (Lipinski definition) is 0. The zero-order valence-corrected chi connectivity index (χ0v) is 14.1. The predicted octanol–water partition coefficient (Wildman–Crippen LogP) is 3.61. The standard InChI is InChI=1S/C18H26ClNO2/c1-21-13-16-14-22-11-8-18(16)6-9-20(10-7-18)12-15-2-4-17(19)5-3-15/h2-5,16H,6-14H2,1H3/t16-/m0/s1. The molecule has 0 radical (unpaired) electrons. The first kappa shape index (κ1) is 16.3. The number of methoxy groups -OCH3 is 1. The number of likely N-dealkylation sites (tertiary alicyclic amines) is 1. The zero-order chi connectivity index (χ0) is 15.4. The van der Waals surface area contributed by atoms with Crippen molar-refractivity contribution in [2.75, 3.05) is 40.0 Å². The molecule has 1 aromatic carbocycles. The lowest BCUT2D eigenvalue weighted by Gasteiger charge is -2.49. The third-order valence-electron chi connectivity index (χ3n) is 5.47. The molecule has 2 fully saturated rings. The number of piperidine rings is 1. The highest BCUT2D eigenvalue weighted by molar-refractivity contribution is 6.30. The lowest BCUT2D eigenvalue weighted by Crippen LogP contribution is -2.49. The molecule has 1 atom stereocenters. The molecule has 122 valence electrons. The van der Waals surface area contributed by atoms with Crippen LogP contribution in [0.4, 0.5) is 0 Å². The van der Waals surface area contributed by atoms with Gasteiger partial charge in [0.2, 0.25) is 0 Å². The summed E-state index contributed by atoms with van der Waals surface area (Å²) in [6, 6.07) is 8.23. The molecule has 0 amide bonds. The molecule has 0 N–H and O–H groups in total. The molecule has 0 aromatic heterocycles. The van der Waals surface area contributed by atoms with Crippen LogP contribution in [0.25, 0.3) is 0 Å². The van der Waals surface area contributed by atoms with Gasteiger partial charge in [-0.15, -0.1) is 0 Å². The van der Waals surface area contributed by atoms with Gasteiger partial charge in [0.15, 0.2) is 0 Å². The van der Waals surface area contributed by atoms with Crippen LogP contribution < -0.4 is 0 Å². The Morgan fingerprint density at radius 3 is 2.64 bits per heavy atom. The zero-order valence-electron chi connectivity index (χ0n) is 13.4. The molecule has 3 rings (SSSR count). The Morgan fingerprint density at radius 2 is 1.95 bits per heavy atom. The predicted molar refractivity (Wildman–Crippen MR) is 89.2 cm³/mol. The number of rotatable bonds is 4. The van der Waals surface area contributed by atoms with E-state index in [4.69, 9.17) is 21.1 Å². The van der Waals surface area contributed by atoms with Crippen molar-refractivity contribution in [2.24, 2.45) is 11.3 Å². The first-order valence-electron chi connectivity index (χ1n) is 8.25. The molecule has 2 aliphatic heterocycles. The van der Waals surface area contributed by atoms with Gasteiger partial charge in [0.1, 0.15) is 0 Å². The smallest absolute Gasteiger partial charge is 0.0521 e. The Labute approximate surface area is 138 Å². The van der Waals surface area contributed by atoms with E-state index in [0.717, 1.165) is 31.4 Å². The van der Waals surface area contributed by atoms with Gasteiger partial charge in [0, 0.05) is 31.2 Å². The van der Waals surface area contributed by atoms with E-state index in [1.54, 1.807) is 7.11 Å². The average Bonchev–Trinajstić information content (AvgIpc) is 2.54. The van der Waals surface area contributed by atoms with Crippen LogP contribution in [0, 0.1) is 11.3 Å². The SMILES string of the molecule is COC[C@H]1COCCC12CCN(Cc1ccc(Cl)cc1)CC2. The lowest BCUT2D eigenvalue weighted by molar-refractivity contribution is -0.0951. The first-order valence-corrected chi connectivity index (χ1v) is 8.63. The molecule has 4 heteroatoms. The van der Waals surface area contributed by atoms with E-state index in [1.165, 1.54) is 37.9 Å². The van der Waals surface area contributed by atoms with E-state index in [9.17, 15) is 0 Å². The Bertz CT molecular complexity index is 466. The average molecular weight is 324 g/mol. The molecule has 1 aromatic rings. The molecule has 0 bridgehead atoms. The first-order chi connectivity index (χ1) is 10.7. The number of halogens is 1. The molecule has 22 heavy (non-hydrogen) atoms. The quantitative estimate of drug-likeness (QED) is 0.845. The third kappa shape index (κ3) is 3.65. The summed E-state index contributed by atoms with van der Waals surface area (Å²) in [5.41, 5.74) is 1.78. The van der Waals surface area contributed by atoms with Crippen LogP contribution in [0.2, 0.25) is 5.02 Å².